The minimum atomic E-state index is -0.583. The lowest BCUT2D eigenvalue weighted by Crippen LogP contribution is -2.33. The molecule has 0 atom stereocenters. The molecule has 3 aromatic rings. The minimum absolute atomic E-state index is 0.326. The summed E-state index contributed by atoms with van der Waals surface area (Å²) in [6.07, 6.45) is 13.2. The first-order valence-corrected chi connectivity index (χ1v) is 8.82. The normalized spacial score (nSPS) is 17.5. The highest BCUT2D eigenvalue weighted by molar-refractivity contribution is 5.95. The molecule has 27 heavy (non-hydrogen) atoms. The van der Waals surface area contributed by atoms with E-state index >= 15 is 0 Å². The van der Waals surface area contributed by atoms with Crippen molar-refractivity contribution in [1.82, 2.24) is 29.7 Å². The molecular weight excluding hydrogens is 342 g/mol. The highest BCUT2D eigenvalue weighted by Gasteiger charge is 2.42. The lowest BCUT2D eigenvalue weighted by atomic mass is 9.72. The molecule has 8 nitrogen and oxygen atoms in total. The van der Waals surface area contributed by atoms with Crippen molar-refractivity contribution < 1.29 is 4.79 Å². The molecule has 2 aliphatic carbocycles. The molecule has 3 aromatic heterocycles. The Kier molecular flexibility index (Phi) is 3.40. The van der Waals surface area contributed by atoms with Crippen LogP contribution in [0.3, 0.4) is 0 Å². The van der Waals surface area contributed by atoms with Crippen molar-refractivity contribution in [3.05, 3.63) is 71.6 Å². The maximum Gasteiger partial charge on any atom is 0.269 e. The molecular formula is C19H17N7O. The van der Waals surface area contributed by atoms with Crippen LogP contribution in [0.5, 0.6) is 0 Å². The first-order valence-electron chi connectivity index (χ1n) is 8.82. The van der Waals surface area contributed by atoms with Gasteiger partial charge in [0.15, 0.2) is 5.69 Å². The zero-order valence-corrected chi connectivity index (χ0v) is 14.5. The van der Waals surface area contributed by atoms with Crippen LogP contribution in [0, 0.1) is 0 Å². The predicted octanol–water partition coefficient (Wildman–Crippen LogP) is 1.45. The van der Waals surface area contributed by atoms with E-state index in [9.17, 15) is 4.79 Å². The monoisotopic (exact) mass is 359 g/mol. The average Bonchev–Trinajstić information content (AvgIpc) is 3.49. The number of hydrogen-bond acceptors (Lipinski definition) is 6. The number of nitrogens with two attached hydrogens (primary N) is 1. The Labute approximate surface area is 155 Å². The number of fused-ring (bicyclic) bond motifs is 1. The zero-order chi connectivity index (χ0) is 18.4. The maximum absolute atomic E-state index is 11.9. The van der Waals surface area contributed by atoms with E-state index < -0.39 is 11.3 Å². The van der Waals surface area contributed by atoms with Gasteiger partial charge in [-0.2, -0.15) is 5.10 Å². The van der Waals surface area contributed by atoms with Gasteiger partial charge in [-0.05, 0) is 25.0 Å². The smallest absolute Gasteiger partial charge is 0.269 e. The van der Waals surface area contributed by atoms with Crippen molar-refractivity contribution in [2.75, 3.05) is 0 Å². The summed E-state index contributed by atoms with van der Waals surface area (Å²) in [5, 5.41) is 4.53. The number of primary amides is 1. The Bertz CT molecular complexity index is 999. The van der Waals surface area contributed by atoms with Gasteiger partial charge in [0.25, 0.3) is 5.91 Å². The van der Waals surface area contributed by atoms with Crippen molar-refractivity contribution >= 4 is 12.0 Å². The number of allylic oxidation sites excluding steroid dienone is 1. The third kappa shape index (κ3) is 2.44. The van der Waals surface area contributed by atoms with Crippen LogP contribution in [0.15, 0.2) is 43.3 Å². The quantitative estimate of drug-likeness (QED) is 0.754. The van der Waals surface area contributed by atoms with Gasteiger partial charge in [0.2, 0.25) is 0 Å². The van der Waals surface area contributed by atoms with Crippen LogP contribution in [-0.2, 0) is 11.8 Å². The molecule has 2 N–H and O–H groups in total. The second kappa shape index (κ2) is 5.80. The fourth-order valence-corrected chi connectivity index (χ4v) is 3.78. The largest absolute Gasteiger partial charge is 0.364 e. The SMILES string of the molecule is NC(=O)c1nn(C2CC2)c2c1C=CC(c1ccncn1)(c1ccncn1)C2. The van der Waals surface area contributed by atoms with Gasteiger partial charge in [0, 0.05) is 30.1 Å². The molecule has 3 heterocycles. The zero-order valence-electron chi connectivity index (χ0n) is 14.5. The summed E-state index contributed by atoms with van der Waals surface area (Å²) >= 11 is 0. The highest BCUT2D eigenvalue weighted by Crippen LogP contribution is 2.44. The van der Waals surface area contributed by atoms with Crippen LogP contribution < -0.4 is 5.73 Å². The number of rotatable bonds is 4. The lowest BCUT2D eigenvalue weighted by Gasteiger charge is -2.32. The van der Waals surface area contributed by atoms with Crippen LogP contribution in [0.2, 0.25) is 0 Å². The predicted molar refractivity (Wildman–Crippen MR) is 96.6 cm³/mol. The summed E-state index contributed by atoms with van der Waals surface area (Å²) in [6.45, 7) is 0. The van der Waals surface area contributed by atoms with E-state index in [2.05, 4.69) is 25.0 Å². The average molecular weight is 359 g/mol. The van der Waals surface area contributed by atoms with Gasteiger partial charge < -0.3 is 5.73 Å². The van der Waals surface area contributed by atoms with Gasteiger partial charge >= 0.3 is 0 Å². The topological polar surface area (TPSA) is 112 Å². The van der Waals surface area contributed by atoms with Crippen LogP contribution in [-0.4, -0.2) is 35.6 Å². The number of aromatic nitrogens is 6. The van der Waals surface area contributed by atoms with E-state index in [1.807, 2.05) is 29.0 Å². The number of amides is 1. The third-order valence-corrected chi connectivity index (χ3v) is 5.24. The Hall–Kier alpha value is -3.42. The van der Waals surface area contributed by atoms with Crippen molar-refractivity contribution in [1.29, 1.82) is 0 Å². The molecule has 0 saturated heterocycles. The van der Waals surface area contributed by atoms with Gasteiger partial charge in [0.05, 0.1) is 22.8 Å². The molecule has 5 rings (SSSR count). The molecule has 1 saturated carbocycles. The van der Waals surface area contributed by atoms with Crippen molar-refractivity contribution in [2.45, 2.75) is 30.7 Å². The maximum atomic E-state index is 11.9. The Morgan fingerprint density at radius 1 is 1.11 bits per heavy atom. The summed E-state index contributed by atoms with van der Waals surface area (Å²) in [5.74, 6) is -0.508. The number of carbonyl (C=O) groups is 1. The van der Waals surface area contributed by atoms with E-state index in [1.165, 1.54) is 12.7 Å². The second-order valence-corrected chi connectivity index (χ2v) is 6.92. The van der Waals surface area contributed by atoms with Crippen LogP contribution in [0.25, 0.3) is 6.08 Å². The Balaban J connectivity index is 1.73. The van der Waals surface area contributed by atoms with E-state index in [4.69, 9.17) is 5.73 Å². The summed E-state index contributed by atoms with van der Waals surface area (Å²) in [6, 6.07) is 4.11. The van der Waals surface area contributed by atoms with Crippen LogP contribution in [0.1, 0.15) is 52.0 Å². The highest BCUT2D eigenvalue weighted by atomic mass is 16.1. The molecule has 1 fully saturated rings. The Morgan fingerprint density at radius 2 is 1.78 bits per heavy atom. The molecule has 0 aromatic carbocycles. The Morgan fingerprint density at radius 3 is 2.30 bits per heavy atom. The summed E-state index contributed by atoms with van der Waals surface area (Å²) in [7, 11) is 0. The molecule has 0 bridgehead atoms. The molecule has 0 unspecified atom stereocenters. The number of carbonyl (C=O) groups excluding carboxylic acids is 1. The van der Waals surface area contributed by atoms with E-state index in [1.54, 1.807) is 12.4 Å². The van der Waals surface area contributed by atoms with Gasteiger partial charge in [-0.25, -0.2) is 19.9 Å². The second-order valence-electron chi connectivity index (χ2n) is 6.92. The van der Waals surface area contributed by atoms with Gasteiger partial charge in [0.1, 0.15) is 12.7 Å². The lowest BCUT2D eigenvalue weighted by molar-refractivity contribution is 0.0994. The van der Waals surface area contributed by atoms with E-state index in [-0.39, 0.29) is 0 Å². The number of nitrogens with zero attached hydrogens (tertiary/aromatic N) is 6. The molecule has 2 aliphatic rings. The van der Waals surface area contributed by atoms with Gasteiger partial charge in [-0.15, -0.1) is 0 Å². The summed E-state index contributed by atoms with van der Waals surface area (Å²) in [5.41, 5.74) is 8.78. The van der Waals surface area contributed by atoms with Gasteiger partial charge in [-0.3, -0.25) is 9.48 Å². The summed E-state index contributed by atoms with van der Waals surface area (Å²) in [4.78, 5) is 29.0. The fraction of sp³-hybridized carbons (Fsp3) is 0.263. The molecule has 134 valence electrons. The van der Waals surface area contributed by atoms with E-state index in [0.717, 1.165) is 35.5 Å². The first kappa shape index (κ1) is 15.8. The molecule has 8 heteroatoms. The molecule has 0 radical (unpaired) electrons. The van der Waals surface area contributed by atoms with Crippen LogP contribution in [0.4, 0.5) is 0 Å². The molecule has 1 amide bonds. The summed E-state index contributed by atoms with van der Waals surface area (Å²) < 4.78 is 1.97. The first-order chi connectivity index (χ1) is 13.2. The van der Waals surface area contributed by atoms with Crippen molar-refractivity contribution in [2.24, 2.45) is 5.73 Å². The fourth-order valence-electron chi connectivity index (χ4n) is 3.78. The molecule has 0 spiro atoms. The standard InChI is InChI=1S/C19H17N7O/c20-18(27)17-13-3-6-19(15-4-7-21-10-23-15,16-5-8-22-11-24-16)9-14(13)26(25-17)12-1-2-12/h3-8,10-12H,1-2,9H2,(H2,20,27). The molecule has 0 aliphatic heterocycles. The third-order valence-electron chi connectivity index (χ3n) is 5.24. The number of hydrogen-bond donors (Lipinski definition) is 1. The van der Waals surface area contributed by atoms with Crippen molar-refractivity contribution in [3.63, 3.8) is 0 Å². The van der Waals surface area contributed by atoms with Crippen molar-refractivity contribution in [3.8, 4) is 0 Å². The van der Waals surface area contributed by atoms with Crippen LogP contribution >= 0.6 is 0 Å². The minimum Gasteiger partial charge on any atom is -0.364 e. The van der Waals surface area contributed by atoms with Gasteiger partial charge in [-0.1, -0.05) is 12.2 Å². The van der Waals surface area contributed by atoms with E-state index in [0.29, 0.717) is 18.2 Å².